The number of ketones is 1. The van der Waals surface area contributed by atoms with Crippen molar-refractivity contribution < 1.29 is 33.0 Å². The highest BCUT2D eigenvalue weighted by molar-refractivity contribution is 6.27. The van der Waals surface area contributed by atoms with Gasteiger partial charge in [-0.25, -0.2) is 4.39 Å². The number of benzene rings is 2. The molecule has 2 amide bonds. The number of hydrogen-bond acceptors (Lipinski definition) is 7. The first kappa shape index (κ1) is 21.4. The fraction of sp³-hybridized carbons (Fsp3) is 0.286. The summed E-state index contributed by atoms with van der Waals surface area (Å²) in [6.45, 7) is 2.20. The van der Waals surface area contributed by atoms with Gasteiger partial charge in [-0.3, -0.25) is 19.7 Å². The zero-order valence-corrected chi connectivity index (χ0v) is 16.2. The average molecular weight is 416 g/mol. The number of carbonyl (C=O) groups excluding carboxylic acids is 3. The predicted molar refractivity (Wildman–Crippen MR) is 104 cm³/mol. The van der Waals surface area contributed by atoms with Crippen molar-refractivity contribution in [3.05, 3.63) is 54.3 Å². The highest BCUT2D eigenvalue weighted by atomic mass is 19.1. The van der Waals surface area contributed by atoms with Crippen LogP contribution in [0.3, 0.4) is 0 Å². The van der Waals surface area contributed by atoms with E-state index in [2.05, 4.69) is 5.32 Å². The van der Waals surface area contributed by atoms with E-state index in [9.17, 15) is 18.8 Å². The molecule has 0 radical (unpaired) electrons. The van der Waals surface area contributed by atoms with Gasteiger partial charge in [0.2, 0.25) is 11.4 Å². The summed E-state index contributed by atoms with van der Waals surface area (Å²) >= 11 is 0. The molecule has 1 heterocycles. The van der Waals surface area contributed by atoms with Crippen molar-refractivity contribution in [3.8, 4) is 17.2 Å². The van der Waals surface area contributed by atoms with Crippen LogP contribution in [-0.2, 0) is 19.1 Å². The second-order valence-corrected chi connectivity index (χ2v) is 6.57. The molecule has 30 heavy (non-hydrogen) atoms. The van der Waals surface area contributed by atoms with Gasteiger partial charge < -0.3 is 19.9 Å². The van der Waals surface area contributed by atoms with Crippen molar-refractivity contribution in [3.63, 3.8) is 0 Å². The summed E-state index contributed by atoms with van der Waals surface area (Å²) in [5.41, 5.74) is 3.66. The Bertz CT molecular complexity index is 949. The van der Waals surface area contributed by atoms with E-state index in [-0.39, 0.29) is 18.8 Å². The van der Waals surface area contributed by atoms with Crippen LogP contribution in [0.2, 0.25) is 0 Å². The van der Waals surface area contributed by atoms with Gasteiger partial charge in [0.15, 0.2) is 0 Å². The van der Waals surface area contributed by atoms with Crippen molar-refractivity contribution in [2.45, 2.75) is 25.0 Å². The molecule has 2 unspecified atom stereocenters. The van der Waals surface area contributed by atoms with E-state index in [4.69, 9.17) is 19.9 Å². The van der Waals surface area contributed by atoms with Crippen molar-refractivity contribution in [1.82, 2.24) is 5.32 Å². The van der Waals surface area contributed by atoms with E-state index < -0.39 is 35.1 Å². The maximum Gasteiger partial charge on any atom is 0.278 e. The zero-order valence-electron chi connectivity index (χ0n) is 16.2. The third-order valence-electron chi connectivity index (χ3n) is 4.52. The molecule has 0 bridgehead atoms. The molecular formula is C21H21FN2O6. The summed E-state index contributed by atoms with van der Waals surface area (Å²) in [7, 11) is 0. The molecule has 1 aliphatic heterocycles. The molecule has 3 N–H and O–H groups in total. The van der Waals surface area contributed by atoms with Gasteiger partial charge in [0.1, 0.15) is 29.1 Å². The van der Waals surface area contributed by atoms with Crippen molar-refractivity contribution >= 4 is 17.6 Å². The Balaban J connectivity index is 1.81. The topological polar surface area (TPSA) is 117 Å². The van der Waals surface area contributed by atoms with Crippen LogP contribution in [0.1, 0.15) is 13.3 Å². The monoisotopic (exact) mass is 416 g/mol. The largest absolute Gasteiger partial charge is 0.469 e. The third kappa shape index (κ3) is 4.47. The van der Waals surface area contributed by atoms with Gasteiger partial charge in [0, 0.05) is 19.1 Å². The standard InChI is InChI=1S/C21H21FN2O6/c1-2-28-11-10-21(18(25)17(23)19(26)24-20(21)27)30-15-8-6-14(7-9-15)29-16-5-3-4-13(22)12-16/h3-9,12,17H,2,10-11,23H2,1H3,(H,24,26,27). The number of amides is 2. The van der Waals surface area contributed by atoms with Gasteiger partial charge in [-0.2, -0.15) is 0 Å². The molecule has 0 spiro atoms. The maximum absolute atomic E-state index is 13.3. The fourth-order valence-corrected chi connectivity index (χ4v) is 2.96. The van der Waals surface area contributed by atoms with E-state index in [1.807, 2.05) is 0 Å². The number of ether oxygens (including phenoxy) is 3. The van der Waals surface area contributed by atoms with Crippen molar-refractivity contribution in [2.75, 3.05) is 13.2 Å². The molecule has 0 aliphatic carbocycles. The summed E-state index contributed by atoms with van der Waals surface area (Å²) in [6.07, 6.45) is -0.117. The lowest BCUT2D eigenvalue weighted by atomic mass is 9.85. The smallest absolute Gasteiger partial charge is 0.278 e. The molecule has 0 aromatic heterocycles. The first-order chi connectivity index (χ1) is 14.4. The Labute approximate surface area is 172 Å². The number of imide groups is 1. The highest BCUT2D eigenvalue weighted by Gasteiger charge is 2.56. The van der Waals surface area contributed by atoms with Gasteiger partial charge >= 0.3 is 0 Å². The summed E-state index contributed by atoms with van der Waals surface area (Å²) in [6, 6.07) is 10.2. The summed E-state index contributed by atoms with van der Waals surface area (Å²) in [5.74, 6) is -2.15. The van der Waals surface area contributed by atoms with Crippen LogP contribution < -0.4 is 20.5 Å². The second kappa shape index (κ2) is 9.02. The number of Topliss-reactive ketones (excluding diaryl/α,β-unsaturated/α-hetero) is 1. The Kier molecular flexibility index (Phi) is 6.43. The molecule has 9 heteroatoms. The molecule has 3 rings (SSSR count). The van der Waals surface area contributed by atoms with Gasteiger partial charge in [0.25, 0.3) is 11.8 Å². The Hall–Kier alpha value is -3.30. The summed E-state index contributed by atoms with van der Waals surface area (Å²) in [4.78, 5) is 37.1. The van der Waals surface area contributed by atoms with E-state index in [1.54, 1.807) is 13.0 Å². The predicted octanol–water partition coefficient (Wildman–Crippen LogP) is 1.71. The van der Waals surface area contributed by atoms with Crippen molar-refractivity contribution in [2.24, 2.45) is 5.73 Å². The Morgan fingerprint density at radius 2 is 1.77 bits per heavy atom. The number of hydrogen-bond donors (Lipinski definition) is 2. The molecule has 2 atom stereocenters. The minimum absolute atomic E-state index is 0.0529. The van der Waals surface area contributed by atoms with Crippen molar-refractivity contribution in [1.29, 1.82) is 0 Å². The summed E-state index contributed by atoms with van der Waals surface area (Å²) < 4.78 is 29.9. The lowest BCUT2D eigenvalue weighted by molar-refractivity contribution is -0.159. The van der Waals surface area contributed by atoms with Gasteiger partial charge in [-0.15, -0.1) is 0 Å². The van der Waals surface area contributed by atoms with Gasteiger partial charge in [0.05, 0.1) is 6.61 Å². The summed E-state index contributed by atoms with van der Waals surface area (Å²) in [5, 5.41) is 2.08. The van der Waals surface area contributed by atoms with E-state index in [1.165, 1.54) is 42.5 Å². The van der Waals surface area contributed by atoms with Crippen LogP contribution in [0.25, 0.3) is 0 Å². The molecule has 1 fully saturated rings. The molecular weight excluding hydrogens is 395 g/mol. The normalized spacial score (nSPS) is 21.3. The minimum Gasteiger partial charge on any atom is -0.469 e. The first-order valence-electron chi connectivity index (χ1n) is 9.31. The minimum atomic E-state index is -1.99. The number of piperidine rings is 1. The SMILES string of the molecule is CCOCCC1(Oc2ccc(Oc3cccc(F)c3)cc2)C(=O)NC(=O)C(N)C1=O. The third-order valence-corrected chi connectivity index (χ3v) is 4.52. The molecule has 2 aromatic carbocycles. The van der Waals surface area contributed by atoms with E-state index in [0.717, 1.165) is 0 Å². The Morgan fingerprint density at radius 3 is 2.43 bits per heavy atom. The first-order valence-corrected chi connectivity index (χ1v) is 9.31. The number of carbonyl (C=O) groups is 3. The fourth-order valence-electron chi connectivity index (χ4n) is 2.96. The molecule has 2 aromatic rings. The number of nitrogens with two attached hydrogens (primary N) is 1. The van der Waals surface area contributed by atoms with Gasteiger partial charge in [-0.05, 0) is 43.3 Å². The second-order valence-electron chi connectivity index (χ2n) is 6.57. The zero-order chi connectivity index (χ0) is 21.7. The van der Waals surface area contributed by atoms with Crippen LogP contribution in [-0.4, -0.2) is 42.5 Å². The maximum atomic E-state index is 13.3. The number of halogens is 1. The quantitative estimate of drug-likeness (QED) is 0.382. The van der Waals surface area contributed by atoms with Crippen LogP contribution in [0.4, 0.5) is 4.39 Å². The molecule has 1 aliphatic rings. The van der Waals surface area contributed by atoms with Crippen LogP contribution in [0.5, 0.6) is 17.2 Å². The molecule has 1 saturated heterocycles. The van der Waals surface area contributed by atoms with Crippen LogP contribution >= 0.6 is 0 Å². The average Bonchev–Trinajstić information content (AvgIpc) is 2.72. The lowest BCUT2D eigenvalue weighted by Gasteiger charge is -2.36. The van der Waals surface area contributed by atoms with Crippen LogP contribution in [0.15, 0.2) is 48.5 Å². The number of rotatable bonds is 8. The highest BCUT2D eigenvalue weighted by Crippen LogP contribution is 2.29. The van der Waals surface area contributed by atoms with Crippen LogP contribution in [0, 0.1) is 5.82 Å². The Morgan fingerprint density at radius 1 is 1.07 bits per heavy atom. The number of nitrogens with one attached hydrogen (secondary N) is 1. The van der Waals surface area contributed by atoms with Gasteiger partial charge in [-0.1, -0.05) is 6.07 Å². The van der Waals surface area contributed by atoms with E-state index in [0.29, 0.717) is 18.1 Å². The molecule has 0 saturated carbocycles. The lowest BCUT2D eigenvalue weighted by Crippen LogP contribution is -2.70. The molecule has 158 valence electrons. The van der Waals surface area contributed by atoms with E-state index >= 15 is 0 Å². The molecule has 8 nitrogen and oxygen atoms in total.